The van der Waals surface area contributed by atoms with Crippen LogP contribution < -0.4 is 4.74 Å². The molecule has 1 N–H and O–H groups in total. The second kappa shape index (κ2) is 9.21. The summed E-state index contributed by atoms with van der Waals surface area (Å²) in [6.45, 7) is 12.4. The summed E-state index contributed by atoms with van der Waals surface area (Å²) in [7, 11) is 0. The fraction of sp³-hybridized carbons (Fsp3) is 0.308. The lowest BCUT2D eigenvalue weighted by Crippen LogP contribution is -2.29. The van der Waals surface area contributed by atoms with Crippen LogP contribution >= 0.6 is 0 Å². The number of rotatable bonds is 7. The van der Waals surface area contributed by atoms with Gasteiger partial charge in [-0.25, -0.2) is 0 Å². The molecule has 0 radical (unpaired) electrons. The second-order valence-corrected chi connectivity index (χ2v) is 7.97. The zero-order chi connectivity index (χ0) is 22.7. The molecule has 2 aromatic carbocycles. The molecule has 31 heavy (non-hydrogen) atoms. The number of nitrogens with zero attached hydrogens (tertiary/aromatic N) is 1. The lowest BCUT2D eigenvalue weighted by atomic mass is 9.93. The van der Waals surface area contributed by atoms with E-state index in [1.165, 1.54) is 4.90 Å². The van der Waals surface area contributed by atoms with Gasteiger partial charge in [0.1, 0.15) is 11.5 Å². The summed E-state index contributed by atoms with van der Waals surface area (Å²) in [5, 5.41) is 11.1. The van der Waals surface area contributed by atoms with Crippen LogP contribution in [-0.4, -0.2) is 34.8 Å². The Labute approximate surface area is 183 Å². The summed E-state index contributed by atoms with van der Waals surface area (Å²) >= 11 is 0. The second-order valence-electron chi connectivity index (χ2n) is 7.97. The molecule has 1 aliphatic rings. The maximum absolute atomic E-state index is 13.0. The van der Waals surface area contributed by atoms with Crippen molar-refractivity contribution in [1.29, 1.82) is 0 Å². The Kier molecular flexibility index (Phi) is 6.64. The molecule has 3 rings (SSSR count). The predicted molar refractivity (Wildman–Crippen MR) is 122 cm³/mol. The standard InChI is InChI=1S/C26H29NO4/c1-6-14-27-23(19-10-8-18(9-11-19)16(3)4)22(25(29)26(27)30)24(28)20-12-13-21(31-7-2)17(5)15-20/h6,8-13,15-16,23,28H,1,7,14H2,2-5H3/b24-22+. The zero-order valence-corrected chi connectivity index (χ0v) is 18.5. The van der Waals surface area contributed by atoms with Gasteiger partial charge in [-0.05, 0) is 54.7 Å². The third kappa shape index (κ3) is 4.26. The molecule has 1 aliphatic heterocycles. The topological polar surface area (TPSA) is 66.8 Å². The number of Topliss-reactive ketones (excluding diaryl/α,β-unsaturated/α-hetero) is 1. The van der Waals surface area contributed by atoms with Crippen LogP contribution in [0, 0.1) is 6.92 Å². The van der Waals surface area contributed by atoms with Gasteiger partial charge in [-0.1, -0.05) is 44.2 Å². The monoisotopic (exact) mass is 419 g/mol. The summed E-state index contributed by atoms with van der Waals surface area (Å²) in [4.78, 5) is 27.2. The maximum atomic E-state index is 13.0. The Balaban J connectivity index is 2.14. The Morgan fingerprint density at radius 3 is 2.42 bits per heavy atom. The third-order valence-electron chi connectivity index (χ3n) is 5.53. The highest BCUT2D eigenvalue weighted by atomic mass is 16.5. The number of carbonyl (C=O) groups is 2. The minimum Gasteiger partial charge on any atom is -0.507 e. The number of carbonyl (C=O) groups excluding carboxylic acids is 2. The number of benzene rings is 2. The summed E-state index contributed by atoms with van der Waals surface area (Å²) in [6.07, 6.45) is 1.59. The third-order valence-corrected chi connectivity index (χ3v) is 5.53. The Morgan fingerprint density at radius 2 is 1.87 bits per heavy atom. The summed E-state index contributed by atoms with van der Waals surface area (Å²) in [6, 6.07) is 12.4. The molecule has 1 saturated heterocycles. The first-order chi connectivity index (χ1) is 14.8. The molecule has 0 saturated carbocycles. The molecule has 1 amide bonds. The normalized spacial score (nSPS) is 18.0. The summed E-state index contributed by atoms with van der Waals surface area (Å²) in [5.74, 6) is -0.438. The molecule has 1 unspecified atom stereocenters. The van der Waals surface area contributed by atoms with Crippen LogP contribution in [-0.2, 0) is 9.59 Å². The Bertz CT molecular complexity index is 1030. The molecule has 0 aliphatic carbocycles. The molecule has 5 heteroatoms. The van der Waals surface area contributed by atoms with Gasteiger partial charge in [0.2, 0.25) is 0 Å². The van der Waals surface area contributed by atoms with Crippen molar-refractivity contribution in [2.75, 3.05) is 13.2 Å². The molecule has 0 bridgehead atoms. The van der Waals surface area contributed by atoms with Gasteiger partial charge >= 0.3 is 0 Å². The van der Waals surface area contributed by atoms with Gasteiger partial charge in [0, 0.05) is 12.1 Å². The molecule has 0 spiro atoms. The van der Waals surface area contributed by atoms with Crippen LogP contribution in [0.2, 0.25) is 0 Å². The number of amides is 1. The number of aliphatic hydroxyl groups is 1. The van der Waals surface area contributed by atoms with Crippen LogP contribution in [0.5, 0.6) is 5.75 Å². The molecule has 0 aromatic heterocycles. The first-order valence-corrected chi connectivity index (χ1v) is 10.5. The minimum atomic E-state index is -0.691. The SMILES string of the molecule is C=CCN1C(=O)C(=O)/C(=C(/O)c2ccc(OCC)c(C)c2)C1c1ccc(C(C)C)cc1. The van der Waals surface area contributed by atoms with E-state index in [9.17, 15) is 14.7 Å². The number of aryl methyl sites for hydroxylation is 1. The molecular formula is C26H29NO4. The molecule has 2 aromatic rings. The van der Waals surface area contributed by atoms with Gasteiger partial charge in [0.05, 0.1) is 18.2 Å². The van der Waals surface area contributed by atoms with E-state index in [2.05, 4.69) is 20.4 Å². The van der Waals surface area contributed by atoms with Gasteiger partial charge in [0.25, 0.3) is 11.7 Å². The lowest BCUT2D eigenvalue weighted by Gasteiger charge is -2.24. The van der Waals surface area contributed by atoms with E-state index in [4.69, 9.17) is 4.74 Å². The van der Waals surface area contributed by atoms with E-state index in [0.717, 1.165) is 16.7 Å². The molecule has 162 valence electrons. The predicted octanol–water partition coefficient (Wildman–Crippen LogP) is 5.12. The van der Waals surface area contributed by atoms with E-state index in [1.807, 2.05) is 38.1 Å². The van der Waals surface area contributed by atoms with Crippen LogP contribution in [0.1, 0.15) is 55.0 Å². The Hall–Kier alpha value is -3.34. The van der Waals surface area contributed by atoms with Gasteiger partial charge in [0.15, 0.2) is 0 Å². The van der Waals surface area contributed by atoms with Crippen molar-refractivity contribution in [3.05, 3.63) is 82.9 Å². The highest BCUT2D eigenvalue weighted by Crippen LogP contribution is 2.40. The van der Waals surface area contributed by atoms with Crippen LogP contribution in [0.15, 0.2) is 60.7 Å². The largest absolute Gasteiger partial charge is 0.507 e. The van der Waals surface area contributed by atoms with Crippen molar-refractivity contribution in [2.45, 2.75) is 39.7 Å². The van der Waals surface area contributed by atoms with Gasteiger partial charge in [-0.15, -0.1) is 6.58 Å². The maximum Gasteiger partial charge on any atom is 0.295 e. The van der Waals surface area contributed by atoms with E-state index in [-0.39, 0.29) is 17.9 Å². The van der Waals surface area contributed by atoms with Crippen molar-refractivity contribution in [3.8, 4) is 5.75 Å². The lowest BCUT2D eigenvalue weighted by molar-refractivity contribution is -0.139. The fourth-order valence-corrected chi connectivity index (χ4v) is 3.89. The molecule has 1 fully saturated rings. The van der Waals surface area contributed by atoms with Gasteiger partial charge in [-0.3, -0.25) is 9.59 Å². The number of ether oxygens (including phenoxy) is 1. The zero-order valence-electron chi connectivity index (χ0n) is 18.5. The number of hydrogen-bond donors (Lipinski definition) is 1. The average Bonchev–Trinajstić information content (AvgIpc) is 3.00. The molecule has 5 nitrogen and oxygen atoms in total. The summed E-state index contributed by atoms with van der Waals surface area (Å²) < 4.78 is 5.57. The number of likely N-dealkylation sites (tertiary alicyclic amines) is 1. The smallest absolute Gasteiger partial charge is 0.295 e. The highest BCUT2D eigenvalue weighted by molar-refractivity contribution is 6.46. The van der Waals surface area contributed by atoms with Crippen LogP contribution in [0.3, 0.4) is 0 Å². The first-order valence-electron chi connectivity index (χ1n) is 10.5. The van der Waals surface area contributed by atoms with Crippen LogP contribution in [0.4, 0.5) is 0 Å². The quantitative estimate of drug-likeness (QED) is 0.293. The van der Waals surface area contributed by atoms with Crippen molar-refractivity contribution in [1.82, 2.24) is 4.90 Å². The minimum absolute atomic E-state index is 0.0905. The molecule has 1 heterocycles. The van der Waals surface area contributed by atoms with Crippen molar-refractivity contribution in [3.63, 3.8) is 0 Å². The van der Waals surface area contributed by atoms with E-state index in [0.29, 0.717) is 23.8 Å². The molecular weight excluding hydrogens is 390 g/mol. The van der Waals surface area contributed by atoms with E-state index < -0.39 is 17.7 Å². The van der Waals surface area contributed by atoms with Crippen molar-refractivity contribution in [2.24, 2.45) is 0 Å². The highest BCUT2D eigenvalue weighted by Gasteiger charge is 2.45. The average molecular weight is 420 g/mol. The van der Waals surface area contributed by atoms with Crippen molar-refractivity contribution >= 4 is 17.4 Å². The summed E-state index contributed by atoms with van der Waals surface area (Å²) in [5.41, 5.74) is 3.33. The van der Waals surface area contributed by atoms with Gasteiger partial charge in [-0.2, -0.15) is 0 Å². The number of hydrogen-bond acceptors (Lipinski definition) is 4. The van der Waals surface area contributed by atoms with Crippen molar-refractivity contribution < 1.29 is 19.4 Å². The number of aliphatic hydroxyl groups excluding tert-OH is 1. The van der Waals surface area contributed by atoms with E-state index in [1.54, 1.807) is 24.3 Å². The Morgan fingerprint density at radius 1 is 1.19 bits per heavy atom. The molecule has 1 atom stereocenters. The van der Waals surface area contributed by atoms with E-state index >= 15 is 0 Å². The van der Waals surface area contributed by atoms with Gasteiger partial charge < -0.3 is 14.7 Å². The first kappa shape index (κ1) is 22.3. The number of ketones is 1. The van der Waals surface area contributed by atoms with Crippen LogP contribution in [0.25, 0.3) is 5.76 Å². The fourth-order valence-electron chi connectivity index (χ4n) is 3.89.